The van der Waals surface area contributed by atoms with Gasteiger partial charge in [0.1, 0.15) is 5.76 Å². The number of carbonyl (C=O) groups is 1. The Balaban J connectivity index is 2.01. The molecule has 1 heterocycles. The Morgan fingerprint density at radius 1 is 1.53 bits per heavy atom. The first kappa shape index (κ1) is 11.7. The molecule has 2 rings (SSSR count). The fourth-order valence-corrected chi connectivity index (χ4v) is 1.58. The first-order chi connectivity index (χ1) is 8.16. The van der Waals surface area contributed by atoms with Crippen molar-refractivity contribution < 1.29 is 9.21 Å². The first-order valence-electron chi connectivity index (χ1n) is 5.09. The Labute approximate surface area is 104 Å². The Bertz CT molecular complexity index is 537. The summed E-state index contributed by atoms with van der Waals surface area (Å²) in [4.78, 5) is 15.7. The van der Waals surface area contributed by atoms with Crippen LogP contribution in [0.5, 0.6) is 0 Å². The standard InChI is InChI=1S/C12H11ClN2O2/c1-8-11(17-7-15-8)6-14-12(16)9-3-2-4-10(13)5-9/h2-5,7H,6H2,1H3,(H,14,16). The highest BCUT2D eigenvalue weighted by molar-refractivity contribution is 6.30. The van der Waals surface area contributed by atoms with E-state index in [4.69, 9.17) is 16.0 Å². The summed E-state index contributed by atoms with van der Waals surface area (Å²) >= 11 is 5.81. The van der Waals surface area contributed by atoms with Crippen molar-refractivity contribution in [3.05, 3.63) is 52.7 Å². The van der Waals surface area contributed by atoms with Crippen molar-refractivity contribution in [3.8, 4) is 0 Å². The molecule has 2 aromatic rings. The number of hydrogen-bond acceptors (Lipinski definition) is 3. The highest BCUT2D eigenvalue weighted by Gasteiger charge is 2.08. The lowest BCUT2D eigenvalue weighted by Gasteiger charge is -2.03. The van der Waals surface area contributed by atoms with Crippen LogP contribution in [0.15, 0.2) is 35.1 Å². The molecule has 0 radical (unpaired) electrons. The Morgan fingerprint density at radius 3 is 3.00 bits per heavy atom. The zero-order chi connectivity index (χ0) is 12.3. The van der Waals surface area contributed by atoms with E-state index in [-0.39, 0.29) is 5.91 Å². The summed E-state index contributed by atoms with van der Waals surface area (Å²) in [6.45, 7) is 2.14. The van der Waals surface area contributed by atoms with Gasteiger partial charge in [-0.1, -0.05) is 17.7 Å². The third-order valence-electron chi connectivity index (χ3n) is 2.34. The number of nitrogens with one attached hydrogen (secondary N) is 1. The fraction of sp³-hybridized carbons (Fsp3) is 0.167. The van der Waals surface area contributed by atoms with Gasteiger partial charge in [-0.3, -0.25) is 4.79 Å². The fourth-order valence-electron chi connectivity index (χ4n) is 1.39. The van der Waals surface area contributed by atoms with Gasteiger partial charge < -0.3 is 9.73 Å². The van der Waals surface area contributed by atoms with Crippen molar-refractivity contribution in [1.82, 2.24) is 10.3 Å². The summed E-state index contributed by atoms with van der Waals surface area (Å²) in [5, 5.41) is 3.27. The van der Waals surface area contributed by atoms with Crippen LogP contribution in [0.25, 0.3) is 0 Å². The van der Waals surface area contributed by atoms with Gasteiger partial charge in [0.25, 0.3) is 5.91 Å². The number of hydrogen-bond donors (Lipinski definition) is 1. The second kappa shape index (κ2) is 5.01. The molecule has 4 nitrogen and oxygen atoms in total. The average molecular weight is 251 g/mol. The maximum Gasteiger partial charge on any atom is 0.251 e. The number of aromatic nitrogens is 1. The molecule has 1 amide bonds. The van der Waals surface area contributed by atoms with Crippen LogP contribution in [0.1, 0.15) is 21.8 Å². The number of rotatable bonds is 3. The van der Waals surface area contributed by atoms with Crippen molar-refractivity contribution in [2.75, 3.05) is 0 Å². The van der Waals surface area contributed by atoms with E-state index in [1.807, 2.05) is 6.92 Å². The largest absolute Gasteiger partial charge is 0.446 e. The van der Waals surface area contributed by atoms with Gasteiger partial charge in [-0.25, -0.2) is 4.98 Å². The number of aryl methyl sites for hydroxylation is 1. The van der Waals surface area contributed by atoms with Crippen molar-refractivity contribution >= 4 is 17.5 Å². The molecule has 0 spiro atoms. The second-order valence-electron chi connectivity index (χ2n) is 3.55. The molecule has 0 aliphatic heterocycles. The summed E-state index contributed by atoms with van der Waals surface area (Å²) in [6, 6.07) is 6.77. The van der Waals surface area contributed by atoms with Crippen LogP contribution in [0, 0.1) is 6.92 Å². The third kappa shape index (κ3) is 2.85. The van der Waals surface area contributed by atoms with Crippen LogP contribution in [-0.2, 0) is 6.54 Å². The summed E-state index contributed by atoms with van der Waals surface area (Å²) < 4.78 is 5.12. The van der Waals surface area contributed by atoms with Crippen molar-refractivity contribution in [2.45, 2.75) is 13.5 Å². The number of oxazole rings is 1. The highest BCUT2D eigenvalue weighted by atomic mass is 35.5. The molecule has 1 aromatic heterocycles. The summed E-state index contributed by atoms with van der Waals surface area (Å²) in [6.07, 6.45) is 1.36. The average Bonchev–Trinajstić information content (AvgIpc) is 2.72. The van der Waals surface area contributed by atoms with Crippen LogP contribution in [-0.4, -0.2) is 10.9 Å². The van der Waals surface area contributed by atoms with E-state index in [9.17, 15) is 4.79 Å². The van der Waals surface area contributed by atoms with E-state index < -0.39 is 0 Å². The number of benzene rings is 1. The van der Waals surface area contributed by atoms with E-state index in [1.54, 1.807) is 24.3 Å². The van der Waals surface area contributed by atoms with E-state index in [2.05, 4.69) is 10.3 Å². The molecule has 1 N–H and O–H groups in total. The van der Waals surface area contributed by atoms with Crippen LogP contribution >= 0.6 is 11.6 Å². The van der Waals surface area contributed by atoms with Crippen molar-refractivity contribution in [1.29, 1.82) is 0 Å². The van der Waals surface area contributed by atoms with Crippen molar-refractivity contribution in [2.24, 2.45) is 0 Å². The van der Waals surface area contributed by atoms with E-state index in [0.29, 0.717) is 22.9 Å². The Hall–Kier alpha value is -1.81. The zero-order valence-electron chi connectivity index (χ0n) is 9.24. The molecule has 0 aliphatic carbocycles. The molecule has 0 aliphatic rings. The zero-order valence-corrected chi connectivity index (χ0v) is 9.99. The molecule has 0 saturated carbocycles. The molecule has 0 bridgehead atoms. The number of nitrogens with zero attached hydrogens (tertiary/aromatic N) is 1. The Kier molecular flexibility index (Phi) is 3.44. The van der Waals surface area contributed by atoms with Gasteiger partial charge in [0.05, 0.1) is 12.2 Å². The molecule has 17 heavy (non-hydrogen) atoms. The van der Waals surface area contributed by atoms with Gasteiger partial charge in [0.2, 0.25) is 0 Å². The second-order valence-corrected chi connectivity index (χ2v) is 3.99. The molecule has 5 heteroatoms. The highest BCUT2D eigenvalue weighted by Crippen LogP contribution is 2.11. The molecule has 88 valence electrons. The first-order valence-corrected chi connectivity index (χ1v) is 5.47. The summed E-state index contributed by atoms with van der Waals surface area (Å²) in [5.74, 6) is 0.462. The quantitative estimate of drug-likeness (QED) is 0.911. The normalized spacial score (nSPS) is 10.2. The van der Waals surface area contributed by atoms with Gasteiger partial charge in [0, 0.05) is 10.6 Å². The van der Waals surface area contributed by atoms with Gasteiger partial charge >= 0.3 is 0 Å². The lowest BCUT2D eigenvalue weighted by Crippen LogP contribution is -2.22. The minimum absolute atomic E-state index is 0.191. The number of carbonyl (C=O) groups excluding carboxylic acids is 1. The smallest absolute Gasteiger partial charge is 0.251 e. The maximum atomic E-state index is 11.8. The van der Waals surface area contributed by atoms with Gasteiger partial charge in [-0.15, -0.1) is 0 Å². The number of halogens is 1. The maximum absolute atomic E-state index is 11.8. The third-order valence-corrected chi connectivity index (χ3v) is 2.58. The van der Waals surface area contributed by atoms with Crippen molar-refractivity contribution in [3.63, 3.8) is 0 Å². The topological polar surface area (TPSA) is 55.1 Å². The minimum atomic E-state index is -0.191. The molecule has 0 unspecified atom stereocenters. The molecule has 0 saturated heterocycles. The molecular formula is C12H11ClN2O2. The summed E-state index contributed by atoms with van der Waals surface area (Å²) in [7, 11) is 0. The van der Waals surface area contributed by atoms with Crippen LogP contribution < -0.4 is 5.32 Å². The van der Waals surface area contributed by atoms with Gasteiger partial charge in [-0.05, 0) is 25.1 Å². The van der Waals surface area contributed by atoms with Crippen LogP contribution in [0.2, 0.25) is 5.02 Å². The Morgan fingerprint density at radius 2 is 2.35 bits per heavy atom. The van der Waals surface area contributed by atoms with Gasteiger partial charge in [-0.2, -0.15) is 0 Å². The van der Waals surface area contributed by atoms with Crippen LogP contribution in [0.3, 0.4) is 0 Å². The monoisotopic (exact) mass is 250 g/mol. The van der Waals surface area contributed by atoms with Gasteiger partial charge in [0.15, 0.2) is 6.39 Å². The SMILES string of the molecule is Cc1ncoc1CNC(=O)c1cccc(Cl)c1. The molecule has 0 fully saturated rings. The minimum Gasteiger partial charge on any atom is -0.446 e. The number of amides is 1. The van der Waals surface area contributed by atoms with E-state index in [0.717, 1.165) is 5.69 Å². The predicted octanol–water partition coefficient (Wildman–Crippen LogP) is 2.57. The predicted molar refractivity (Wildman–Crippen MR) is 63.9 cm³/mol. The molecular weight excluding hydrogens is 240 g/mol. The summed E-state index contributed by atoms with van der Waals surface area (Å²) in [5.41, 5.74) is 1.30. The van der Waals surface area contributed by atoms with Crippen LogP contribution in [0.4, 0.5) is 0 Å². The van der Waals surface area contributed by atoms with E-state index >= 15 is 0 Å². The lowest BCUT2D eigenvalue weighted by molar-refractivity contribution is 0.0948. The lowest BCUT2D eigenvalue weighted by atomic mass is 10.2. The molecule has 1 aromatic carbocycles. The van der Waals surface area contributed by atoms with E-state index in [1.165, 1.54) is 6.39 Å². The molecule has 0 atom stereocenters.